The monoisotopic (exact) mass is 289 g/mol. The van der Waals surface area contributed by atoms with Crippen LogP contribution in [0.25, 0.3) is 0 Å². The first-order valence-corrected chi connectivity index (χ1v) is 14.1. The van der Waals surface area contributed by atoms with Crippen LogP contribution in [-0.2, 0) is 0 Å². The number of fused-ring (bicyclic) bond motifs is 6. The Bertz CT molecular complexity index is 143. The van der Waals surface area contributed by atoms with E-state index in [-0.39, 0.29) is 0 Å². The Hall–Kier alpha value is 0.759. The molecule has 0 N–H and O–H groups in total. The minimum absolute atomic E-state index is 1.43. The summed E-state index contributed by atoms with van der Waals surface area (Å²) in [4.78, 5) is 2.71. The van der Waals surface area contributed by atoms with Crippen LogP contribution < -0.4 is 0 Å². The third-order valence-corrected chi connectivity index (χ3v) is 20.7. The Kier molecular flexibility index (Phi) is 3.57. The van der Waals surface area contributed by atoms with Crippen molar-refractivity contribution < 1.29 is 0 Å². The fourth-order valence-electron chi connectivity index (χ4n) is 3.27. The molecule has 3 aliphatic heterocycles. The van der Waals surface area contributed by atoms with Crippen LogP contribution in [0.1, 0.15) is 26.2 Å². The normalized spacial score (nSPS) is 40.8. The molecule has 0 spiro atoms. The topological polar surface area (TPSA) is 3.24 Å². The van der Waals surface area contributed by atoms with Crippen molar-refractivity contribution in [2.75, 3.05) is 19.6 Å². The summed E-state index contributed by atoms with van der Waals surface area (Å²) in [7, 11) is 0. The molecule has 0 aromatic heterocycles. The summed E-state index contributed by atoms with van der Waals surface area (Å²) in [5.41, 5.74) is 0. The summed E-state index contributed by atoms with van der Waals surface area (Å²) >= 11 is -1.49. The van der Waals surface area contributed by atoms with Gasteiger partial charge in [0.2, 0.25) is 0 Å². The Morgan fingerprint density at radius 3 is 1.77 bits per heavy atom. The van der Waals surface area contributed by atoms with E-state index in [1.807, 2.05) is 0 Å². The SMILES string of the molecule is C[CH2][Sn]12[CH2]CCN(CC[CH2]1)CC[CH2]2. The summed E-state index contributed by atoms with van der Waals surface area (Å²) in [6, 6.07) is 0. The molecule has 0 aromatic rings. The van der Waals surface area contributed by atoms with Gasteiger partial charge in [0.25, 0.3) is 0 Å². The molecule has 0 aliphatic carbocycles. The maximum atomic E-state index is 2.71. The van der Waals surface area contributed by atoms with E-state index >= 15 is 0 Å². The van der Waals surface area contributed by atoms with E-state index in [2.05, 4.69) is 11.8 Å². The zero-order valence-electron chi connectivity index (χ0n) is 9.02. The molecule has 76 valence electrons. The first kappa shape index (κ1) is 10.3. The quantitative estimate of drug-likeness (QED) is 0.670. The summed E-state index contributed by atoms with van der Waals surface area (Å²) in [6.45, 7) is 6.78. The Balaban J connectivity index is 2.07. The molecule has 13 heavy (non-hydrogen) atoms. The second-order valence-corrected chi connectivity index (χ2v) is 19.9. The standard InChI is InChI=1S/C9H18N.C2H5.Sn/c1-4-7-10(8-5-2)9-6-3;1-2;/h1-9H2;1H2,2H3;. The predicted octanol–water partition coefficient (Wildman–Crippen LogP) is 2.95. The van der Waals surface area contributed by atoms with Gasteiger partial charge < -0.3 is 0 Å². The van der Waals surface area contributed by atoms with E-state index in [0.29, 0.717) is 0 Å². The van der Waals surface area contributed by atoms with Crippen LogP contribution in [0.4, 0.5) is 0 Å². The first-order chi connectivity index (χ1) is 6.35. The van der Waals surface area contributed by atoms with Gasteiger partial charge in [-0.1, -0.05) is 0 Å². The molecule has 0 saturated carbocycles. The van der Waals surface area contributed by atoms with Crippen molar-refractivity contribution >= 4 is 18.4 Å². The molecule has 1 nitrogen and oxygen atoms in total. The number of hydrogen-bond donors (Lipinski definition) is 0. The number of nitrogens with zero attached hydrogens (tertiary/aromatic N) is 1. The second-order valence-electron chi connectivity index (χ2n) is 5.01. The van der Waals surface area contributed by atoms with Crippen molar-refractivity contribution in [3.8, 4) is 0 Å². The minimum atomic E-state index is -1.49. The summed E-state index contributed by atoms with van der Waals surface area (Å²) < 4.78 is 6.76. The van der Waals surface area contributed by atoms with E-state index < -0.39 is 18.4 Å². The van der Waals surface area contributed by atoms with E-state index in [9.17, 15) is 0 Å². The van der Waals surface area contributed by atoms with E-state index in [0.717, 1.165) is 0 Å². The van der Waals surface area contributed by atoms with E-state index in [1.54, 1.807) is 37.0 Å². The first-order valence-electron chi connectivity index (χ1n) is 6.07. The van der Waals surface area contributed by atoms with E-state index in [4.69, 9.17) is 0 Å². The fraction of sp³-hybridized carbons (Fsp3) is 1.00. The average Bonchev–Trinajstić information content (AvgIpc) is 2.01. The van der Waals surface area contributed by atoms with Crippen molar-refractivity contribution in [3.05, 3.63) is 0 Å². The molecule has 3 fully saturated rings. The number of rotatable bonds is 1. The molecule has 2 bridgehead atoms. The van der Waals surface area contributed by atoms with Crippen LogP contribution in [0.5, 0.6) is 0 Å². The van der Waals surface area contributed by atoms with Crippen LogP contribution in [0.2, 0.25) is 17.7 Å². The molecule has 2 heteroatoms. The van der Waals surface area contributed by atoms with Crippen LogP contribution in [0, 0.1) is 0 Å². The van der Waals surface area contributed by atoms with Gasteiger partial charge in [0, 0.05) is 0 Å². The number of hydrogen-bond acceptors (Lipinski definition) is 1. The zero-order valence-corrected chi connectivity index (χ0v) is 11.9. The molecule has 3 saturated heterocycles. The molecule has 0 radical (unpaired) electrons. The van der Waals surface area contributed by atoms with Gasteiger partial charge in [0.15, 0.2) is 0 Å². The summed E-state index contributed by atoms with van der Waals surface area (Å²) in [5, 5.41) is 0. The van der Waals surface area contributed by atoms with Gasteiger partial charge in [0.1, 0.15) is 0 Å². The summed E-state index contributed by atoms with van der Waals surface area (Å²) in [5.74, 6) is 0. The van der Waals surface area contributed by atoms with Crippen molar-refractivity contribution in [1.29, 1.82) is 0 Å². The van der Waals surface area contributed by atoms with E-state index in [1.165, 1.54) is 19.6 Å². The van der Waals surface area contributed by atoms with Gasteiger partial charge in [-0.15, -0.1) is 0 Å². The Morgan fingerprint density at radius 1 is 0.923 bits per heavy atom. The zero-order chi connectivity index (χ0) is 9.15. The van der Waals surface area contributed by atoms with Crippen LogP contribution in [-0.4, -0.2) is 42.9 Å². The fourth-order valence-corrected chi connectivity index (χ4v) is 16.2. The van der Waals surface area contributed by atoms with Crippen LogP contribution in [0.3, 0.4) is 0 Å². The Morgan fingerprint density at radius 2 is 1.38 bits per heavy atom. The van der Waals surface area contributed by atoms with Gasteiger partial charge >= 0.3 is 86.8 Å². The van der Waals surface area contributed by atoms with Gasteiger partial charge in [0.05, 0.1) is 0 Å². The van der Waals surface area contributed by atoms with Crippen LogP contribution in [0.15, 0.2) is 0 Å². The second kappa shape index (κ2) is 4.52. The molecule has 3 heterocycles. The molecular weight excluding hydrogens is 265 g/mol. The maximum absolute atomic E-state index is 2.71. The van der Waals surface area contributed by atoms with Crippen molar-refractivity contribution in [3.63, 3.8) is 0 Å². The van der Waals surface area contributed by atoms with Gasteiger partial charge in [-0.3, -0.25) is 0 Å². The van der Waals surface area contributed by atoms with Crippen molar-refractivity contribution in [2.24, 2.45) is 0 Å². The summed E-state index contributed by atoms with van der Waals surface area (Å²) in [6.07, 6.45) is 4.64. The molecule has 0 atom stereocenters. The van der Waals surface area contributed by atoms with Gasteiger partial charge in [-0.25, -0.2) is 0 Å². The molecule has 3 aliphatic rings. The predicted molar refractivity (Wildman–Crippen MR) is 60.9 cm³/mol. The molecule has 0 unspecified atom stereocenters. The Labute approximate surface area is 86.8 Å². The van der Waals surface area contributed by atoms with Crippen LogP contribution >= 0.6 is 0 Å². The van der Waals surface area contributed by atoms with Crippen molar-refractivity contribution in [1.82, 2.24) is 4.90 Å². The van der Waals surface area contributed by atoms with Gasteiger partial charge in [-0.05, 0) is 0 Å². The average molecular weight is 288 g/mol. The van der Waals surface area contributed by atoms with Crippen molar-refractivity contribution in [2.45, 2.75) is 43.9 Å². The molecule has 0 amide bonds. The molecular formula is C11H23NSn. The molecule has 0 aromatic carbocycles. The third kappa shape index (κ3) is 2.41. The third-order valence-electron chi connectivity index (χ3n) is 4.29. The van der Waals surface area contributed by atoms with Gasteiger partial charge in [-0.2, -0.15) is 0 Å². The molecule has 3 rings (SSSR count).